The summed E-state index contributed by atoms with van der Waals surface area (Å²) in [5, 5.41) is 14.0. The van der Waals surface area contributed by atoms with Crippen molar-refractivity contribution in [2.45, 2.75) is 13.5 Å². The Hall–Kier alpha value is -2.66. The van der Waals surface area contributed by atoms with E-state index in [0.29, 0.717) is 12.1 Å². The molecule has 5 heteroatoms. The van der Waals surface area contributed by atoms with Gasteiger partial charge in [-0.3, -0.25) is 14.7 Å². The topological polar surface area (TPSA) is 67.2 Å². The molecule has 2 aromatic carbocycles. The first-order valence-corrected chi connectivity index (χ1v) is 6.63. The van der Waals surface area contributed by atoms with Gasteiger partial charge in [0.15, 0.2) is 0 Å². The molecule has 0 spiro atoms. The Morgan fingerprint density at radius 3 is 2.71 bits per heavy atom. The molecular formula is C16H15N3O2. The van der Waals surface area contributed by atoms with E-state index in [4.69, 9.17) is 5.21 Å². The summed E-state index contributed by atoms with van der Waals surface area (Å²) in [5.41, 5.74) is 5.26. The van der Waals surface area contributed by atoms with Gasteiger partial charge in [-0.1, -0.05) is 35.9 Å². The van der Waals surface area contributed by atoms with Crippen molar-refractivity contribution in [2.24, 2.45) is 0 Å². The van der Waals surface area contributed by atoms with E-state index in [9.17, 15) is 4.79 Å². The summed E-state index contributed by atoms with van der Waals surface area (Å²) in [6.07, 6.45) is 1.77. The van der Waals surface area contributed by atoms with Gasteiger partial charge in [-0.05, 0) is 24.6 Å². The highest BCUT2D eigenvalue weighted by Crippen LogP contribution is 2.17. The normalized spacial score (nSPS) is 10.8. The van der Waals surface area contributed by atoms with Gasteiger partial charge >= 0.3 is 0 Å². The van der Waals surface area contributed by atoms with Crippen LogP contribution in [0.25, 0.3) is 10.9 Å². The predicted octanol–water partition coefficient (Wildman–Crippen LogP) is 2.51. The Balaban J connectivity index is 1.98. The van der Waals surface area contributed by atoms with Crippen LogP contribution in [0.3, 0.4) is 0 Å². The number of aromatic nitrogens is 2. The molecule has 0 saturated heterocycles. The van der Waals surface area contributed by atoms with Crippen LogP contribution >= 0.6 is 0 Å². The maximum Gasteiger partial charge on any atom is 0.274 e. The summed E-state index contributed by atoms with van der Waals surface area (Å²) in [4.78, 5) is 11.5. The van der Waals surface area contributed by atoms with Crippen LogP contribution in [0.15, 0.2) is 48.7 Å². The lowest BCUT2D eigenvalue weighted by atomic mass is 10.1. The number of benzene rings is 2. The fourth-order valence-electron chi connectivity index (χ4n) is 2.27. The van der Waals surface area contributed by atoms with Gasteiger partial charge in [0, 0.05) is 10.9 Å². The molecule has 0 aliphatic rings. The molecule has 106 valence electrons. The first-order valence-electron chi connectivity index (χ1n) is 6.63. The zero-order valence-corrected chi connectivity index (χ0v) is 11.6. The second-order valence-corrected chi connectivity index (χ2v) is 5.00. The number of amides is 1. The van der Waals surface area contributed by atoms with Gasteiger partial charge in [-0.2, -0.15) is 5.10 Å². The van der Waals surface area contributed by atoms with Crippen molar-refractivity contribution in [1.29, 1.82) is 0 Å². The molecular weight excluding hydrogens is 266 g/mol. The minimum absolute atomic E-state index is 0.399. The van der Waals surface area contributed by atoms with Crippen molar-refractivity contribution >= 4 is 16.8 Å². The monoisotopic (exact) mass is 281 g/mol. The zero-order chi connectivity index (χ0) is 14.8. The lowest BCUT2D eigenvalue weighted by Gasteiger charge is -2.05. The van der Waals surface area contributed by atoms with Crippen LogP contribution in [-0.2, 0) is 6.54 Å². The number of hydrogen-bond acceptors (Lipinski definition) is 3. The molecule has 0 saturated carbocycles. The third kappa shape index (κ3) is 2.64. The number of hydrogen-bond donors (Lipinski definition) is 2. The molecule has 0 aliphatic heterocycles. The number of fused-ring (bicyclic) bond motifs is 1. The summed E-state index contributed by atoms with van der Waals surface area (Å²) in [7, 11) is 0. The summed E-state index contributed by atoms with van der Waals surface area (Å²) in [5.74, 6) is -0.528. The average Bonchev–Trinajstić information content (AvgIpc) is 2.91. The molecule has 0 aliphatic carbocycles. The SMILES string of the molecule is Cc1ccc(Cn2ncc3ccc(C(=O)NO)cc32)cc1. The fraction of sp³-hybridized carbons (Fsp3) is 0.125. The van der Waals surface area contributed by atoms with Gasteiger partial charge in [0.05, 0.1) is 18.3 Å². The molecule has 0 atom stereocenters. The van der Waals surface area contributed by atoms with Crippen LogP contribution in [0.5, 0.6) is 0 Å². The van der Waals surface area contributed by atoms with Gasteiger partial charge in [0.1, 0.15) is 0 Å². The smallest absolute Gasteiger partial charge is 0.274 e. The summed E-state index contributed by atoms with van der Waals surface area (Å²) >= 11 is 0. The fourth-order valence-corrected chi connectivity index (χ4v) is 2.27. The third-order valence-corrected chi connectivity index (χ3v) is 3.46. The largest absolute Gasteiger partial charge is 0.288 e. The second-order valence-electron chi connectivity index (χ2n) is 5.00. The van der Waals surface area contributed by atoms with Crippen molar-refractivity contribution in [3.63, 3.8) is 0 Å². The predicted molar refractivity (Wildman–Crippen MR) is 79.3 cm³/mol. The molecule has 3 rings (SSSR count). The number of nitrogens with one attached hydrogen (secondary N) is 1. The summed E-state index contributed by atoms with van der Waals surface area (Å²) in [6.45, 7) is 2.68. The molecule has 5 nitrogen and oxygen atoms in total. The Morgan fingerprint density at radius 1 is 1.24 bits per heavy atom. The molecule has 3 aromatic rings. The lowest BCUT2D eigenvalue weighted by Crippen LogP contribution is -2.18. The van der Waals surface area contributed by atoms with E-state index in [1.54, 1.807) is 23.8 Å². The molecule has 1 aromatic heterocycles. The van der Waals surface area contributed by atoms with Crippen molar-refractivity contribution in [3.05, 3.63) is 65.4 Å². The van der Waals surface area contributed by atoms with Crippen LogP contribution in [0, 0.1) is 6.92 Å². The standard InChI is InChI=1S/C16H15N3O2/c1-11-2-4-12(5-3-11)10-19-15-8-13(16(20)18-21)6-7-14(15)9-17-19/h2-9,21H,10H2,1H3,(H,18,20). The highest BCUT2D eigenvalue weighted by molar-refractivity contribution is 5.97. The molecule has 1 amide bonds. The minimum Gasteiger partial charge on any atom is -0.288 e. The van der Waals surface area contributed by atoms with Crippen LogP contribution in [0.2, 0.25) is 0 Å². The van der Waals surface area contributed by atoms with Gasteiger partial charge in [-0.15, -0.1) is 0 Å². The number of rotatable bonds is 3. The van der Waals surface area contributed by atoms with Crippen LogP contribution in [0.4, 0.5) is 0 Å². The maximum atomic E-state index is 11.5. The molecule has 1 heterocycles. The third-order valence-electron chi connectivity index (χ3n) is 3.46. The van der Waals surface area contributed by atoms with E-state index in [0.717, 1.165) is 16.5 Å². The highest BCUT2D eigenvalue weighted by atomic mass is 16.5. The molecule has 0 unspecified atom stereocenters. The van der Waals surface area contributed by atoms with Crippen molar-refractivity contribution in [2.75, 3.05) is 0 Å². The Bertz CT molecular complexity index is 791. The van der Waals surface area contributed by atoms with Gasteiger partial charge < -0.3 is 0 Å². The quantitative estimate of drug-likeness (QED) is 0.572. The molecule has 0 bridgehead atoms. The van der Waals surface area contributed by atoms with E-state index in [1.807, 2.05) is 17.7 Å². The zero-order valence-electron chi connectivity index (χ0n) is 11.6. The van der Waals surface area contributed by atoms with E-state index in [-0.39, 0.29) is 0 Å². The first kappa shape index (κ1) is 13.3. The Kier molecular flexibility index (Phi) is 3.41. The van der Waals surface area contributed by atoms with Gasteiger partial charge in [0.2, 0.25) is 0 Å². The van der Waals surface area contributed by atoms with Crippen molar-refractivity contribution in [3.8, 4) is 0 Å². The molecule has 21 heavy (non-hydrogen) atoms. The first-order chi connectivity index (χ1) is 10.2. The van der Waals surface area contributed by atoms with Crippen LogP contribution in [0.1, 0.15) is 21.5 Å². The molecule has 0 radical (unpaired) electrons. The van der Waals surface area contributed by atoms with E-state index < -0.39 is 5.91 Å². The van der Waals surface area contributed by atoms with Gasteiger partial charge in [-0.25, -0.2) is 5.48 Å². The van der Waals surface area contributed by atoms with E-state index in [1.165, 1.54) is 5.56 Å². The average molecular weight is 281 g/mol. The number of carbonyl (C=O) groups is 1. The number of hydroxylamine groups is 1. The number of aryl methyl sites for hydroxylation is 1. The van der Waals surface area contributed by atoms with Crippen LogP contribution < -0.4 is 5.48 Å². The summed E-state index contributed by atoms with van der Waals surface area (Å²) in [6, 6.07) is 13.4. The maximum absolute atomic E-state index is 11.5. The minimum atomic E-state index is -0.528. The Morgan fingerprint density at radius 2 is 2.00 bits per heavy atom. The molecule has 2 N–H and O–H groups in total. The highest BCUT2D eigenvalue weighted by Gasteiger charge is 2.09. The summed E-state index contributed by atoms with van der Waals surface area (Å²) < 4.78 is 1.84. The van der Waals surface area contributed by atoms with E-state index >= 15 is 0 Å². The molecule has 0 fully saturated rings. The number of nitrogens with zero attached hydrogens (tertiary/aromatic N) is 2. The lowest BCUT2D eigenvalue weighted by molar-refractivity contribution is 0.0706. The van der Waals surface area contributed by atoms with Crippen molar-refractivity contribution in [1.82, 2.24) is 15.3 Å². The van der Waals surface area contributed by atoms with E-state index in [2.05, 4.69) is 29.4 Å². The number of carbonyl (C=O) groups excluding carboxylic acids is 1. The second kappa shape index (κ2) is 5.38. The van der Waals surface area contributed by atoms with Crippen molar-refractivity contribution < 1.29 is 10.0 Å². The van der Waals surface area contributed by atoms with Crippen LogP contribution in [-0.4, -0.2) is 20.9 Å². The van der Waals surface area contributed by atoms with Gasteiger partial charge in [0.25, 0.3) is 5.91 Å². The Labute approximate surface area is 121 Å².